The fraction of sp³-hybridized carbons (Fsp3) is 0.475. The molecule has 4 aromatic rings. The molecule has 1 heterocycles. The normalized spacial score (nSPS) is 12.9. The Labute approximate surface area is 331 Å². The molecule has 0 bridgehead atoms. The van der Waals surface area contributed by atoms with Crippen molar-refractivity contribution in [2.24, 2.45) is 0 Å². The van der Waals surface area contributed by atoms with E-state index in [4.69, 9.17) is 29.1 Å². The second-order valence-corrected chi connectivity index (χ2v) is 21.9. The molecule has 306 valence electrons. The van der Waals surface area contributed by atoms with Crippen LogP contribution >= 0.6 is 0 Å². The SMILES string of the molecule is CC[Si](CC)(CC)OC(CN(CCOc1ccc2c(OC)nn(C(=O)OC(C)(C)C)c2c1)C(=O)OC(C)(C)C)c1cccc(NS(=O)(=O)c2cccc(N)c2)c1. The summed E-state index contributed by atoms with van der Waals surface area (Å²) in [5.41, 5.74) is 6.11. The number of hydrogen-bond acceptors (Lipinski definition) is 11. The Morgan fingerprint density at radius 2 is 1.57 bits per heavy atom. The summed E-state index contributed by atoms with van der Waals surface area (Å²) in [5.74, 6) is 0.684. The van der Waals surface area contributed by atoms with Gasteiger partial charge >= 0.3 is 12.2 Å². The molecule has 1 amide bonds. The lowest BCUT2D eigenvalue weighted by Crippen LogP contribution is -2.45. The molecule has 4 rings (SSSR count). The summed E-state index contributed by atoms with van der Waals surface area (Å²) in [6.45, 7) is 17.3. The monoisotopic (exact) mass is 811 g/mol. The van der Waals surface area contributed by atoms with Crippen LogP contribution in [0.4, 0.5) is 21.0 Å². The molecular weight excluding hydrogens is 755 g/mol. The molecule has 1 atom stereocenters. The molecule has 1 aromatic heterocycles. The van der Waals surface area contributed by atoms with E-state index in [1.165, 1.54) is 19.2 Å². The Bertz CT molecular complexity index is 2080. The lowest BCUT2D eigenvalue weighted by atomic mass is 10.1. The van der Waals surface area contributed by atoms with E-state index >= 15 is 0 Å². The molecule has 3 N–H and O–H groups in total. The third-order valence-corrected chi connectivity index (χ3v) is 15.1. The van der Waals surface area contributed by atoms with Crippen LogP contribution in [0.1, 0.15) is 74.0 Å². The first-order valence-electron chi connectivity index (χ1n) is 18.8. The summed E-state index contributed by atoms with van der Waals surface area (Å²) in [7, 11) is -4.78. The number of amides is 1. The van der Waals surface area contributed by atoms with Gasteiger partial charge in [-0.25, -0.2) is 18.0 Å². The number of aromatic nitrogens is 2. The first-order valence-corrected chi connectivity index (χ1v) is 22.8. The summed E-state index contributed by atoms with van der Waals surface area (Å²) >= 11 is 0. The Morgan fingerprint density at radius 3 is 2.18 bits per heavy atom. The number of benzene rings is 3. The Hall–Kier alpha value is -4.80. The summed E-state index contributed by atoms with van der Waals surface area (Å²) < 4.78 is 60.5. The molecule has 0 radical (unpaired) electrons. The fourth-order valence-corrected chi connectivity index (χ4v) is 9.94. The van der Waals surface area contributed by atoms with Gasteiger partial charge in [0.25, 0.3) is 10.0 Å². The van der Waals surface area contributed by atoms with Crippen LogP contribution in [0, 0.1) is 0 Å². The molecule has 0 aliphatic heterocycles. The van der Waals surface area contributed by atoms with Gasteiger partial charge in [0, 0.05) is 17.4 Å². The number of nitrogens with two attached hydrogens (primary N) is 1. The van der Waals surface area contributed by atoms with Gasteiger partial charge in [-0.2, -0.15) is 4.68 Å². The number of carbonyl (C=O) groups is 2. The maximum absolute atomic E-state index is 13.9. The van der Waals surface area contributed by atoms with Gasteiger partial charge in [-0.15, -0.1) is 5.10 Å². The van der Waals surface area contributed by atoms with Crippen LogP contribution in [0.5, 0.6) is 11.6 Å². The van der Waals surface area contributed by atoms with Crippen molar-refractivity contribution in [3.63, 3.8) is 0 Å². The average molecular weight is 812 g/mol. The van der Waals surface area contributed by atoms with Gasteiger partial charge in [0.1, 0.15) is 23.6 Å². The van der Waals surface area contributed by atoms with Gasteiger partial charge in [0.2, 0.25) is 5.88 Å². The van der Waals surface area contributed by atoms with Crippen molar-refractivity contribution in [1.29, 1.82) is 0 Å². The molecule has 0 fully saturated rings. The van der Waals surface area contributed by atoms with E-state index in [2.05, 4.69) is 30.6 Å². The first kappa shape index (κ1) is 43.9. The van der Waals surface area contributed by atoms with Crippen LogP contribution in [0.15, 0.2) is 71.6 Å². The Balaban J connectivity index is 1.65. The number of sulfonamides is 1. The number of hydrogen-bond donors (Lipinski definition) is 2. The van der Waals surface area contributed by atoms with Crippen molar-refractivity contribution >= 4 is 52.8 Å². The van der Waals surface area contributed by atoms with Crippen molar-refractivity contribution < 1.29 is 41.4 Å². The van der Waals surface area contributed by atoms with Crippen LogP contribution in [-0.2, 0) is 23.9 Å². The van der Waals surface area contributed by atoms with E-state index in [1.54, 1.807) is 95.0 Å². The number of rotatable bonds is 16. The first-order chi connectivity index (χ1) is 26.2. The zero-order valence-electron chi connectivity index (χ0n) is 34.2. The van der Waals surface area contributed by atoms with Crippen molar-refractivity contribution in [3.05, 3.63) is 72.3 Å². The maximum Gasteiger partial charge on any atom is 0.435 e. The topological polar surface area (TPSA) is 174 Å². The summed E-state index contributed by atoms with van der Waals surface area (Å²) in [6.07, 6.45) is -1.86. The van der Waals surface area contributed by atoms with Crippen LogP contribution in [0.3, 0.4) is 0 Å². The van der Waals surface area contributed by atoms with Gasteiger partial charge < -0.3 is 34.0 Å². The molecule has 0 saturated heterocycles. The highest BCUT2D eigenvalue weighted by Gasteiger charge is 2.35. The van der Waals surface area contributed by atoms with Crippen molar-refractivity contribution in [2.45, 2.75) is 103 Å². The number of methoxy groups -OCH3 is 1. The van der Waals surface area contributed by atoms with E-state index in [1.807, 2.05) is 6.07 Å². The highest BCUT2D eigenvalue weighted by atomic mass is 32.2. The molecule has 0 aliphatic carbocycles. The quantitative estimate of drug-likeness (QED) is 0.0820. The fourth-order valence-electron chi connectivity index (χ4n) is 6.02. The minimum Gasteiger partial charge on any atom is -0.492 e. The zero-order chi connectivity index (χ0) is 41.5. The van der Waals surface area contributed by atoms with E-state index in [0.29, 0.717) is 33.6 Å². The summed E-state index contributed by atoms with van der Waals surface area (Å²) in [5, 5.41) is 4.89. The van der Waals surface area contributed by atoms with E-state index in [0.717, 1.165) is 22.8 Å². The molecule has 3 aromatic carbocycles. The average Bonchev–Trinajstić information content (AvgIpc) is 3.50. The van der Waals surface area contributed by atoms with Crippen LogP contribution in [-0.4, -0.2) is 81.6 Å². The molecule has 0 saturated carbocycles. The maximum atomic E-state index is 13.9. The summed E-state index contributed by atoms with van der Waals surface area (Å²) in [6, 6.07) is 20.8. The van der Waals surface area contributed by atoms with Crippen molar-refractivity contribution in [2.75, 3.05) is 37.3 Å². The predicted octanol–water partition coefficient (Wildman–Crippen LogP) is 8.59. The zero-order valence-corrected chi connectivity index (χ0v) is 36.0. The predicted molar refractivity (Wildman–Crippen MR) is 220 cm³/mol. The van der Waals surface area contributed by atoms with Gasteiger partial charge in [0.15, 0.2) is 8.32 Å². The van der Waals surface area contributed by atoms with Gasteiger partial charge in [-0.1, -0.05) is 39.0 Å². The second-order valence-electron chi connectivity index (χ2n) is 15.5. The highest BCUT2D eigenvalue weighted by Crippen LogP contribution is 2.33. The lowest BCUT2D eigenvalue weighted by molar-refractivity contribution is 0.0131. The third-order valence-electron chi connectivity index (χ3n) is 9.05. The van der Waals surface area contributed by atoms with E-state index in [9.17, 15) is 18.0 Å². The molecule has 0 spiro atoms. The number of ether oxygens (including phenoxy) is 4. The van der Waals surface area contributed by atoms with Crippen molar-refractivity contribution in [3.8, 4) is 11.6 Å². The van der Waals surface area contributed by atoms with Gasteiger partial charge in [-0.05, 0) is 108 Å². The lowest BCUT2D eigenvalue weighted by Gasteiger charge is -2.36. The van der Waals surface area contributed by atoms with Crippen LogP contribution in [0.25, 0.3) is 10.9 Å². The van der Waals surface area contributed by atoms with Gasteiger partial charge in [-0.3, -0.25) is 4.72 Å². The third kappa shape index (κ3) is 11.6. The number of nitrogens with one attached hydrogen (secondary N) is 1. The Kier molecular flexibility index (Phi) is 14.1. The minimum atomic E-state index is -3.95. The minimum absolute atomic E-state index is 0.0359. The molecule has 16 heteroatoms. The standard InChI is InChI=1S/C40H57N5O9SSi/c1-11-56(12-2,13-3)54-35(28-16-14-18-30(24-28)43-55(48,49)32-19-15-17-29(41)25-32)27-44(37(46)52-39(4,5)6)22-23-51-31-20-21-33-34(26-31)45(42-36(33)50-10)38(47)53-40(7,8)9/h14-21,24-26,35,43H,11-13,22-23,27,41H2,1-10H3. The highest BCUT2D eigenvalue weighted by molar-refractivity contribution is 7.92. The molecule has 1 unspecified atom stereocenters. The number of nitrogen functional groups attached to an aromatic ring is 1. The van der Waals surface area contributed by atoms with Crippen molar-refractivity contribution in [1.82, 2.24) is 14.7 Å². The Morgan fingerprint density at radius 1 is 0.911 bits per heavy atom. The number of anilines is 2. The summed E-state index contributed by atoms with van der Waals surface area (Å²) in [4.78, 5) is 28.5. The molecule has 0 aliphatic rings. The van der Waals surface area contributed by atoms with Gasteiger partial charge in [0.05, 0.1) is 42.1 Å². The van der Waals surface area contributed by atoms with E-state index in [-0.39, 0.29) is 30.5 Å². The second kappa shape index (κ2) is 18.0. The van der Waals surface area contributed by atoms with Crippen LogP contribution in [0.2, 0.25) is 18.1 Å². The molecular formula is C40H57N5O9SSi. The molecule has 56 heavy (non-hydrogen) atoms. The van der Waals surface area contributed by atoms with E-state index < -0.39 is 47.8 Å². The number of fused-ring (bicyclic) bond motifs is 1. The largest absolute Gasteiger partial charge is 0.492 e. The number of carbonyl (C=O) groups excluding carboxylic acids is 2. The van der Waals surface area contributed by atoms with Crippen LogP contribution < -0.4 is 19.9 Å². The molecule has 14 nitrogen and oxygen atoms in total. The number of nitrogens with zero attached hydrogens (tertiary/aromatic N) is 3. The smallest absolute Gasteiger partial charge is 0.435 e.